The van der Waals surface area contributed by atoms with E-state index in [0.29, 0.717) is 0 Å². The molecule has 1 heterocycles. The second-order valence-corrected chi connectivity index (χ2v) is 6.42. The van der Waals surface area contributed by atoms with Gasteiger partial charge in [0.1, 0.15) is 0 Å². The van der Waals surface area contributed by atoms with E-state index in [-0.39, 0.29) is 6.42 Å². The maximum atomic E-state index is 9.82. The van der Waals surface area contributed by atoms with Gasteiger partial charge in [-0.05, 0) is 11.1 Å². The van der Waals surface area contributed by atoms with Gasteiger partial charge in [-0.2, -0.15) is 21.0 Å². The van der Waals surface area contributed by atoms with Crippen molar-refractivity contribution in [3.05, 3.63) is 71.8 Å². The molecule has 2 atom stereocenters. The molecule has 1 fully saturated rings. The standard InChI is InChI=1S/C21H15N5/c22-12-20(13-23)11-21(14-24,15-25)19(17-9-5-2-6-10-17)26-18(20)16-7-3-1-4-8-16/h1-10,18-19,26H,11H2/t18-,19-/m0/s1. The first-order chi connectivity index (χ1) is 12.6. The minimum Gasteiger partial charge on any atom is -0.298 e. The van der Waals surface area contributed by atoms with Crippen LogP contribution >= 0.6 is 0 Å². The Bertz CT molecular complexity index is 846. The van der Waals surface area contributed by atoms with E-state index in [1.54, 1.807) is 0 Å². The Labute approximate surface area is 152 Å². The van der Waals surface area contributed by atoms with Gasteiger partial charge in [0.25, 0.3) is 0 Å². The topological polar surface area (TPSA) is 107 Å². The molecule has 3 rings (SSSR count). The van der Waals surface area contributed by atoms with Crippen LogP contribution in [0.2, 0.25) is 0 Å². The van der Waals surface area contributed by atoms with Crippen molar-refractivity contribution in [3.8, 4) is 24.3 Å². The molecule has 0 spiro atoms. The molecule has 1 aliphatic heterocycles. The maximum absolute atomic E-state index is 9.82. The second kappa shape index (κ2) is 6.70. The molecule has 5 nitrogen and oxygen atoms in total. The molecule has 0 unspecified atom stereocenters. The van der Waals surface area contributed by atoms with E-state index in [4.69, 9.17) is 0 Å². The molecule has 0 aromatic heterocycles. The Kier molecular flexibility index (Phi) is 4.43. The monoisotopic (exact) mass is 337 g/mol. The molecule has 1 N–H and O–H groups in total. The van der Waals surface area contributed by atoms with Gasteiger partial charge < -0.3 is 0 Å². The van der Waals surface area contributed by atoms with Crippen LogP contribution in [0.4, 0.5) is 0 Å². The summed E-state index contributed by atoms with van der Waals surface area (Å²) in [6.45, 7) is 0. The minimum atomic E-state index is -1.52. The van der Waals surface area contributed by atoms with Gasteiger partial charge in [-0.1, -0.05) is 60.7 Å². The lowest BCUT2D eigenvalue weighted by molar-refractivity contribution is 0.136. The third kappa shape index (κ3) is 2.58. The number of hydrogen-bond acceptors (Lipinski definition) is 5. The predicted molar refractivity (Wildman–Crippen MR) is 93.4 cm³/mol. The van der Waals surface area contributed by atoms with Crippen molar-refractivity contribution in [1.29, 1.82) is 21.0 Å². The normalized spacial score (nSPS) is 22.8. The first-order valence-corrected chi connectivity index (χ1v) is 8.15. The molecule has 1 saturated heterocycles. The highest BCUT2D eigenvalue weighted by Crippen LogP contribution is 2.53. The van der Waals surface area contributed by atoms with E-state index in [1.807, 2.05) is 60.7 Å². The number of nitriles is 4. The van der Waals surface area contributed by atoms with E-state index >= 15 is 0 Å². The molecule has 0 radical (unpaired) electrons. The third-order valence-corrected chi connectivity index (χ3v) is 4.94. The molecular formula is C21H15N5. The Hall–Kier alpha value is -3.64. The second-order valence-electron chi connectivity index (χ2n) is 6.42. The Balaban J connectivity index is 2.19. The maximum Gasteiger partial charge on any atom is 0.165 e. The number of benzene rings is 2. The van der Waals surface area contributed by atoms with Gasteiger partial charge >= 0.3 is 0 Å². The number of nitrogens with zero attached hydrogens (tertiary/aromatic N) is 4. The molecular weight excluding hydrogens is 322 g/mol. The average Bonchev–Trinajstić information content (AvgIpc) is 2.74. The van der Waals surface area contributed by atoms with Crippen LogP contribution in [0.15, 0.2) is 60.7 Å². The Morgan fingerprint density at radius 3 is 1.31 bits per heavy atom. The molecule has 26 heavy (non-hydrogen) atoms. The average molecular weight is 337 g/mol. The van der Waals surface area contributed by atoms with Crippen molar-refractivity contribution >= 4 is 0 Å². The molecule has 0 saturated carbocycles. The highest BCUT2D eigenvalue weighted by molar-refractivity contribution is 5.40. The van der Waals surface area contributed by atoms with Gasteiger partial charge in [0, 0.05) is 6.42 Å². The lowest BCUT2D eigenvalue weighted by Gasteiger charge is -2.45. The molecule has 124 valence electrons. The van der Waals surface area contributed by atoms with Crippen molar-refractivity contribution in [2.45, 2.75) is 18.5 Å². The van der Waals surface area contributed by atoms with E-state index in [0.717, 1.165) is 11.1 Å². The number of nitrogens with one attached hydrogen (secondary N) is 1. The fraction of sp³-hybridized carbons (Fsp3) is 0.238. The van der Waals surface area contributed by atoms with E-state index in [9.17, 15) is 21.0 Å². The zero-order chi connectivity index (χ0) is 18.6. The minimum absolute atomic E-state index is 0.147. The van der Waals surface area contributed by atoms with Gasteiger partial charge in [0.15, 0.2) is 10.8 Å². The van der Waals surface area contributed by atoms with Gasteiger partial charge in [0.2, 0.25) is 0 Å². The van der Waals surface area contributed by atoms with Crippen LogP contribution in [0.5, 0.6) is 0 Å². The summed E-state index contributed by atoms with van der Waals surface area (Å²) in [6.07, 6.45) is -0.147. The fourth-order valence-electron chi connectivity index (χ4n) is 3.61. The SMILES string of the molecule is N#CC1(C#N)CC(C#N)(C#N)[C@H](c2ccccc2)N[C@H]1c1ccccc1. The summed E-state index contributed by atoms with van der Waals surface area (Å²) in [5.74, 6) is 0. The van der Waals surface area contributed by atoms with Crippen LogP contribution in [0.1, 0.15) is 29.6 Å². The quantitative estimate of drug-likeness (QED) is 0.902. The lowest BCUT2D eigenvalue weighted by Crippen LogP contribution is -2.52. The number of hydrogen-bond donors (Lipinski definition) is 1. The van der Waals surface area contributed by atoms with Crippen molar-refractivity contribution in [2.75, 3.05) is 0 Å². The zero-order valence-corrected chi connectivity index (χ0v) is 13.9. The Morgan fingerprint density at radius 2 is 1.00 bits per heavy atom. The van der Waals surface area contributed by atoms with E-state index in [1.165, 1.54) is 0 Å². The largest absolute Gasteiger partial charge is 0.298 e. The van der Waals surface area contributed by atoms with Crippen molar-refractivity contribution < 1.29 is 0 Å². The van der Waals surface area contributed by atoms with Crippen molar-refractivity contribution in [2.24, 2.45) is 10.8 Å². The summed E-state index contributed by atoms with van der Waals surface area (Å²) in [7, 11) is 0. The summed E-state index contributed by atoms with van der Waals surface area (Å²) in [6, 6.07) is 25.6. The first-order valence-electron chi connectivity index (χ1n) is 8.15. The molecule has 0 bridgehead atoms. The van der Waals surface area contributed by atoms with Crippen LogP contribution in [0.25, 0.3) is 0 Å². The third-order valence-electron chi connectivity index (χ3n) is 4.94. The van der Waals surface area contributed by atoms with Gasteiger partial charge in [-0.15, -0.1) is 0 Å². The van der Waals surface area contributed by atoms with E-state index < -0.39 is 22.9 Å². The first kappa shape index (κ1) is 17.2. The number of piperidine rings is 1. The van der Waals surface area contributed by atoms with Crippen molar-refractivity contribution in [3.63, 3.8) is 0 Å². The van der Waals surface area contributed by atoms with E-state index in [2.05, 4.69) is 29.6 Å². The smallest absolute Gasteiger partial charge is 0.165 e. The van der Waals surface area contributed by atoms with Crippen LogP contribution in [-0.2, 0) is 0 Å². The highest BCUT2D eigenvalue weighted by atomic mass is 15.0. The molecule has 2 aromatic carbocycles. The van der Waals surface area contributed by atoms with Crippen LogP contribution in [0, 0.1) is 56.2 Å². The summed E-state index contributed by atoms with van der Waals surface area (Å²) >= 11 is 0. The summed E-state index contributed by atoms with van der Waals surface area (Å²) in [4.78, 5) is 0. The van der Waals surface area contributed by atoms with Gasteiger partial charge in [-0.3, -0.25) is 5.32 Å². The number of rotatable bonds is 2. The van der Waals surface area contributed by atoms with Crippen LogP contribution < -0.4 is 5.32 Å². The predicted octanol–water partition coefficient (Wildman–Crippen LogP) is 3.53. The fourth-order valence-corrected chi connectivity index (χ4v) is 3.61. The molecule has 1 aliphatic rings. The summed E-state index contributed by atoms with van der Waals surface area (Å²) in [5.41, 5.74) is -1.47. The van der Waals surface area contributed by atoms with Crippen LogP contribution in [-0.4, -0.2) is 0 Å². The molecule has 0 aliphatic carbocycles. The Morgan fingerprint density at radius 1 is 0.654 bits per heavy atom. The van der Waals surface area contributed by atoms with Gasteiger partial charge in [-0.25, -0.2) is 0 Å². The summed E-state index contributed by atoms with van der Waals surface area (Å²) in [5, 5.41) is 42.6. The van der Waals surface area contributed by atoms with Crippen LogP contribution in [0.3, 0.4) is 0 Å². The zero-order valence-electron chi connectivity index (χ0n) is 13.9. The molecule has 0 amide bonds. The molecule has 5 heteroatoms. The molecule has 2 aromatic rings. The van der Waals surface area contributed by atoms with Gasteiger partial charge in [0.05, 0.1) is 36.4 Å². The van der Waals surface area contributed by atoms with Crippen molar-refractivity contribution in [1.82, 2.24) is 5.32 Å². The highest BCUT2D eigenvalue weighted by Gasteiger charge is 2.57. The lowest BCUT2D eigenvalue weighted by atomic mass is 9.60. The summed E-state index contributed by atoms with van der Waals surface area (Å²) < 4.78 is 0.